The highest BCUT2D eigenvalue weighted by atomic mass is 35.5. The van der Waals surface area contributed by atoms with Crippen LogP contribution in [0.1, 0.15) is 15.2 Å². The number of hydrogen-bond acceptors (Lipinski definition) is 5. The fourth-order valence-electron chi connectivity index (χ4n) is 2.37. The standard InChI is InChI=1S/C17H11ClN2O3S/c18-15-11-3-1-2-4-14(11)24-16(15)17(21)20-19-8-10-5-6-12-13(7-10)23-9-22-12/h1-8H,9H2,(H,20,21). The van der Waals surface area contributed by atoms with Crippen molar-refractivity contribution in [1.29, 1.82) is 0 Å². The molecule has 0 atom stereocenters. The van der Waals surface area contributed by atoms with Crippen LogP contribution in [0.4, 0.5) is 0 Å². The van der Waals surface area contributed by atoms with Gasteiger partial charge in [0, 0.05) is 10.1 Å². The average Bonchev–Trinajstić information content (AvgIpc) is 3.19. The summed E-state index contributed by atoms with van der Waals surface area (Å²) in [4.78, 5) is 12.7. The molecule has 0 saturated heterocycles. The smallest absolute Gasteiger partial charge is 0.283 e. The van der Waals surface area contributed by atoms with Gasteiger partial charge in [-0.25, -0.2) is 5.43 Å². The minimum atomic E-state index is -0.335. The van der Waals surface area contributed by atoms with E-state index in [0.29, 0.717) is 21.4 Å². The van der Waals surface area contributed by atoms with E-state index in [0.717, 1.165) is 15.6 Å². The van der Waals surface area contributed by atoms with E-state index in [1.165, 1.54) is 11.3 Å². The number of amides is 1. The zero-order valence-corrected chi connectivity index (χ0v) is 13.9. The molecular weight excluding hydrogens is 348 g/mol. The molecule has 0 aliphatic carbocycles. The van der Waals surface area contributed by atoms with Crippen molar-refractivity contribution in [2.24, 2.45) is 5.10 Å². The number of carbonyl (C=O) groups excluding carboxylic acids is 1. The molecule has 0 saturated carbocycles. The van der Waals surface area contributed by atoms with Gasteiger partial charge in [-0.2, -0.15) is 5.10 Å². The number of ether oxygens (including phenoxy) is 2. The third-order valence-corrected chi connectivity index (χ3v) is 5.19. The summed E-state index contributed by atoms with van der Waals surface area (Å²) in [6.45, 7) is 0.219. The second-order valence-electron chi connectivity index (χ2n) is 5.05. The monoisotopic (exact) mass is 358 g/mol. The van der Waals surface area contributed by atoms with Gasteiger partial charge >= 0.3 is 0 Å². The van der Waals surface area contributed by atoms with Crippen molar-refractivity contribution in [3.05, 3.63) is 57.9 Å². The van der Waals surface area contributed by atoms with Crippen LogP contribution in [0.15, 0.2) is 47.6 Å². The topological polar surface area (TPSA) is 59.9 Å². The molecule has 1 N–H and O–H groups in total. The van der Waals surface area contributed by atoms with Crippen molar-refractivity contribution >= 4 is 45.1 Å². The summed E-state index contributed by atoms with van der Waals surface area (Å²) < 4.78 is 11.5. The molecule has 3 aromatic rings. The van der Waals surface area contributed by atoms with E-state index in [4.69, 9.17) is 21.1 Å². The normalized spacial score (nSPS) is 12.9. The second kappa shape index (κ2) is 6.14. The number of nitrogens with one attached hydrogen (secondary N) is 1. The molecule has 0 radical (unpaired) electrons. The fourth-order valence-corrected chi connectivity index (χ4v) is 3.78. The maximum absolute atomic E-state index is 12.3. The number of benzene rings is 2. The van der Waals surface area contributed by atoms with E-state index < -0.39 is 0 Å². The molecule has 2 aromatic carbocycles. The summed E-state index contributed by atoms with van der Waals surface area (Å²) in [6.07, 6.45) is 1.54. The summed E-state index contributed by atoms with van der Waals surface area (Å²) in [5.74, 6) is 1.03. The maximum Gasteiger partial charge on any atom is 0.283 e. The number of nitrogens with zero attached hydrogens (tertiary/aromatic N) is 1. The van der Waals surface area contributed by atoms with E-state index in [1.807, 2.05) is 30.3 Å². The maximum atomic E-state index is 12.3. The van der Waals surface area contributed by atoms with Gasteiger partial charge < -0.3 is 9.47 Å². The molecule has 4 rings (SSSR count). The molecule has 0 spiro atoms. The number of hydrazone groups is 1. The third-order valence-electron chi connectivity index (χ3n) is 3.52. The Kier molecular flexibility index (Phi) is 3.84. The fraction of sp³-hybridized carbons (Fsp3) is 0.0588. The molecule has 120 valence electrons. The summed E-state index contributed by atoms with van der Waals surface area (Å²) in [5.41, 5.74) is 3.29. The van der Waals surface area contributed by atoms with Crippen molar-refractivity contribution in [3.63, 3.8) is 0 Å². The van der Waals surface area contributed by atoms with Crippen LogP contribution in [-0.4, -0.2) is 18.9 Å². The van der Waals surface area contributed by atoms with Crippen molar-refractivity contribution in [3.8, 4) is 11.5 Å². The van der Waals surface area contributed by atoms with Gasteiger partial charge in [0.05, 0.1) is 11.2 Å². The number of halogens is 1. The van der Waals surface area contributed by atoms with Crippen molar-refractivity contribution in [2.75, 3.05) is 6.79 Å². The van der Waals surface area contributed by atoms with Crippen LogP contribution in [0.2, 0.25) is 5.02 Å². The zero-order chi connectivity index (χ0) is 16.5. The number of fused-ring (bicyclic) bond motifs is 2. The zero-order valence-electron chi connectivity index (χ0n) is 12.3. The highest BCUT2D eigenvalue weighted by molar-refractivity contribution is 7.21. The summed E-state index contributed by atoms with van der Waals surface area (Å²) >= 11 is 7.62. The molecule has 5 nitrogen and oxygen atoms in total. The Bertz CT molecular complexity index is 968. The first-order valence-electron chi connectivity index (χ1n) is 7.12. The first-order valence-corrected chi connectivity index (χ1v) is 8.32. The van der Waals surface area contributed by atoms with Crippen LogP contribution in [0.25, 0.3) is 10.1 Å². The van der Waals surface area contributed by atoms with Crippen molar-refractivity contribution in [2.45, 2.75) is 0 Å². The Morgan fingerprint density at radius 2 is 2.04 bits per heavy atom. The van der Waals surface area contributed by atoms with Gasteiger partial charge in [0.2, 0.25) is 6.79 Å². The van der Waals surface area contributed by atoms with Crippen LogP contribution in [0.5, 0.6) is 11.5 Å². The lowest BCUT2D eigenvalue weighted by Crippen LogP contribution is -2.16. The van der Waals surface area contributed by atoms with Gasteiger partial charge in [0.15, 0.2) is 11.5 Å². The van der Waals surface area contributed by atoms with Crippen LogP contribution >= 0.6 is 22.9 Å². The number of carbonyl (C=O) groups is 1. The molecule has 2 heterocycles. The molecular formula is C17H11ClN2O3S. The Morgan fingerprint density at radius 3 is 2.92 bits per heavy atom. The van der Waals surface area contributed by atoms with Gasteiger partial charge in [-0.15, -0.1) is 11.3 Å². The minimum Gasteiger partial charge on any atom is -0.454 e. The third kappa shape index (κ3) is 2.70. The van der Waals surface area contributed by atoms with E-state index >= 15 is 0 Å². The highest BCUT2D eigenvalue weighted by Gasteiger charge is 2.16. The van der Waals surface area contributed by atoms with E-state index in [-0.39, 0.29) is 12.7 Å². The van der Waals surface area contributed by atoms with E-state index in [9.17, 15) is 4.79 Å². The molecule has 0 bridgehead atoms. The van der Waals surface area contributed by atoms with E-state index in [2.05, 4.69) is 10.5 Å². The first-order chi connectivity index (χ1) is 11.7. The highest BCUT2D eigenvalue weighted by Crippen LogP contribution is 2.35. The van der Waals surface area contributed by atoms with Crippen LogP contribution in [0.3, 0.4) is 0 Å². The van der Waals surface area contributed by atoms with Crippen molar-refractivity contribution < 1.29 is 14.3 Å². The van der Waals surface area contributed by atoms with Crippen molar-refractivity contribution in [1.82, 2.24) is 5.43 Å². The average molecular weight is 359 g/mol. The Hall–Kier alpha value is -2.57. The molecule has 24 heavy (non-hydrogen) atoms. The van der Waals surface area contributed by atoms with Gasteiger partial charge in [0.25, 0.3) is 5.91 Å². The lowest BCUT2D eigenvalue weighted by atomic mass is 10.2. The number of hydrogen-bond donors (Lipinski definition) is 1. The molecule has 0 unspecified atom stereocenters. The van der Waals surface area contributed by atoms with E-state index in [1.54, 1.807) is 18.3 Å². The van der Waals surface area contributed by atoms with Crippen LogP contribution < -0.4 is 14.9 Å². The molecule has 1 aliphatic rings. The lowest BCUT2D eigenvalue weighted by molar-refractivity contribution is 0.0959. The first kappa shape index (κ1) is 15.0. The largest absolute Gasteiger partial charge is 0.454 e. The Labute approximate surface area is 146 Å². The minimum absolute atomic E-state index is 0.219. The lowest BCUT2D eigenvalue weighted by Gasteiger charge is -1.99. The molecule has 1 aliphatic heterocycles. The molecule has 1 aromatic heterocycles. The van der Waals surface area contributed by atoms with Crippen LogP contribution in [0, 0.1) is 0 Å². The van der Waals surface area contributed by atoms with Gasteiger partial charge in [-0.1, -0.05) is 29.8 Å². The summed E-state index contributed by atoms with van der Waals surface area (Å²) in [6, 6.07) is 13.0. The quantitative estimate of drug-likeness (QED) is 0.567. The van der Waals surface area contributed by atoms with Gasteiger partial charge in [-0.05, 0) is 29.8 Å². The predicted octanol–water partition coefficient (Wildman–Crippen LogP) is 4.05. The van der Waals surface area contributed by atoms with Gasteiger partial charge in [-0.3, -0.25) is 4.79 Å². The number of rotatable bonds is 3. The Morgan fingerprint density at radius 1 is 1.21 bits per heavy atom. The van der Waals surface area contributed by atoms with Gasteiger partial charge in [0.1, 0.15) is 4.88 Å². The molecule has 0 fully saturated rings. The summed E-state index contributed by atoms with van der Waals surface area (Å²) in [7, 11) is 0. The van der Waals surface area contributed by atoms with Crippen LogP contribution in [-0.2, 0) is 0 Å². The second-order valence-corrected chi connectivity index (χ2v) is 6.48. The number of thiophene rings is 1. The molecule has 1 amide bonds. The summed E-state index contributed by atoms with van der Waals surface area (Å²) in [5, 5.41) is 5.30. The molecule has 7 heteroatoms. The predicted molar refractivity (Wildman–Crippen MR) is 94.5 cm³/mol. The Balaban J connectivity index is 1.50. The SMILES string of the molecule is O=C(NN=Cc1ccc2c(c1)OCO2)c1sc2ccccc2c1Cl.